The summed E-state index contributed by atoms with van der Waals surface area (Å²) in [7, 11) is 2.27. The molecule has 2 rings (SSSR count). The maximum absolute atomic E-state index is 3.93. The van der Waals surface area contributed by atoms with Gasteiger partial charge in [-0.2, -0.15) is 0 Å². The minimum Gasteiger partial charge on any atom is -0.313 e. The van der Waals surface area contributed by atoms with Gasteiger partial charge in [-0.15, -0.1) is 0 Å². The Kier molecular flexibility index (Phi) is 5.92. The number of nitrogens with one attached hydrogen (secondary N) is 1. The van der Waals surface area contributed by atoms with Gasteiger partial charge < -0.3 is 10.2 Å². The van der Waals surface area contributed by atoms with E-state index in [9.17, 15) is 0 Å². The molecule has 0 aromatic carbocycles. The Morgan fingerprint density at radius 2 is 1.85 bits per heavy atom. The van der Waals surface area contributed by atoms with Crippen LogP contribution in [-0.4, -0.2) is 37.6 Å². The lowest BCUT2D eigenvalue weighted by atomic mass is 9.78. The molecular formula is C18H36N2. The van der Waals surface area contributed by atoms with Gasteiger partial charge in [-0.1, -0.05) is 26.7 Å². The Balaban J connectivity index is 1.82. The predicted octanol–water partition coefficient (Wildman–Crippen LogP) is 3.91. The lowest BCUT2D eigenvalue weighted by Crippen LogP contribution is -2.46. The van der Waals surface area contributed by atoms with Gasteiger partial charge in [0.05, 0.1) is 0 Å². The van der Waals surface area contributed by atoms with Crippen molar-refractivity contribution in [3.8, 4) is 0 Å². The first kappa shape index (κ1) is 16.3. The van der Waals surface area contributed by atoms with E-state index >= 15 is 0 Å². The number of rotatable bonds is 6. The van der Waals surface area contributed by atoms with E-state index in [-0.39, 0.29) is 0 Å². The van der Waals surface area contributed by atoms with Crippen LogP contribution in [0.15, 0.2) is 0 Å². The second-order valence-corrected chi connectivity index (χ2v) is 8.14. The molecular weight excluding hydrogens is 244 g/mol. The summed E-state index contributed by atoms with van der Waals surface area (Å²) >= 11 is 0. The summed E-state index contributed by atoms with van der Waals surface area (Å²) in [4.78, 5) is 2.51. The highest BCUT2D eigenvalue weighted by atomic mass is 15.1. The number of piperidine rings is 1. The normalized spacial score (nSPS) is 28.9. The first-order valence-corrected chi connectivity index (χ1v) is 8.93. The molecule has 2 unspecified atom stereocenters. The van der Waals surface area contributed by atoms with Crippen molar-refractivity contribution < 1.29 is 0 Å². The maximum Gasteiger partial charge on any atom is 0.00794 e. The summed E-state index contributed by atoms with van der Waals surface area (Å²) < 4.78 is 0. The van der Waals surface area contributed by atoms with Gasteiger partial charge in [0, 0.05) is 19.1 Å². The Bertz CT molecular complexity index is 281. The Hall–Kier alpha value is -0.0800. The van der Waals surface area contributed by atoms with E-state index in [2.05, 4.69) is 38.0 Å². The molecule has 0 radical (unpaired) electrons. The molecule has 1 saturated carbocycles. The van der Waals surface area contributed by atoms with Crippen LogP contribution < -0.4 is 5.32 Å². The SMILES string of the molecule is CC(C)CC1(CNC(C)C2CCCN(C)C2)CCCC1. The van der Waals surface area contributed by atoms with E-state index in [0.29, 0.717) is 11.5 Å². The summed E-state index contributed by atoms with van der Waals surface area (Å²) in [6.45, 7) is 11.0. The predicted molar refractivity (Wildman–Crippen MR) is 88.0 cm³/mol. The number of hydrogen-bond acceptors (Lipinski definition) is 2. The van der Waals surface area contributed by atoms with E-state index in [1.165, 1.54) is 64.6 Å². The molecule has 0 aromatic rings. The molecule has 1 aliphatic carbocycles. The molecule has 118 valence electrons. The first-order valence-electron chi connectivity index (χ1n) is 8.93. The van der Waals surface area contributed by atoms with Crippen LogP contribution in [0.5, 0.6) is 0 Å². The van der Waals surface area contributed by atoms with E-state index in [0.717, 1.165) is 11.8 Å². The van der Waals surface area contributed by atoms with Crippen LogP contribution in [-0.2, 0) is 0 Å². The zero-order valence-electron chi connectivity index (χ0n) is 14.3. The Morgan fingerprint density at radius 1 is 1.15 bits per heavy atom. The monoisotopic (exact) mass is 280 g/mol. The smallest absolute Gasteiger partial charge is 0.00794 e. The van der Waals surface area contributed by atoms with Crippen molar-refractivity contribution in [1.29, 1.82) is 0 Å². The maximum atomic E-state index is 3.93. The van der Waals surface area contributed by atoms with Gasteiger partial charge >= 0.3 is 0 Å². The molecule has 2 nitrogen and oxygen atoms in total. The zero-order valence-corrected chi connectivity index (χ0v) is 14.3. The van der Waals surface area contributed by atoms with E-state index < -0.39 is 0 Å². The van der Waals surface area contributed by atoms with Crippen molar-refractivity contribution in [2.75, 3.05) is 26.7 Å². The molecule has 1 N–H and O–H groups in total. The fourth-order valence-electron chi connectivity index (χ4n) is 4.60. The van der Waals surface area contributed by atoms with Gasteiger partial charge in [-0.25, -0.2) is 0 Å². The third kappa shape index (κ3) is 4.46. The molecule has 1 heterocycles. The molecule has 1 aliphatic heterocycles. The van der Waals surface area contributed by atoms with Crippen molar-refractivity contribution in [2.45, 2.75) is 71.8 Å². The summed E-state index contributed by atoms with van der Waals surface area (Å²) in [5.74, 6) is 1.69. The third-order valence-corrected chi connectivity index (χ3v) is 5.67. The van der Waals surface area contributed by atoms with Gasteiger partial charge in [-0.05, 0) is 69.9 Å². The van der Waals surface area contributed by atoms with Crippen LogP contribution in [0.1, 0.15) is 65.7 Å². The molecule has 2 heteroatoms. The highest BCUT2D eigenvalue weighted by molar-refractivity contribution is 4.89. The highest BCUT2D eigenvalue weighted by Gasteiger charge is 2.35. The van der Waals surface area contributed by atoms with Crippen LogP contribution in [0.2, 0.25) is 0 Å². The van der Waals surface area contributed by atoms with Gasteiger partial charge in [0.2, 0.25) is 0 Å². The number of hydrogen-bond donors (Lipinski definition) is 1. The molecule has 1 saturated heterocycles. The average Bonchev–Trinajstić information content (AvgIpc) is 2.84. The fourth-order valence-corrected chi connectivity index (χ4v) is 4.60. The van der Waals surface area contributed by atoms with Gasteiger partial charge in [0.25, 0.3) is 0 Å². The van der Waals surface area contributed by atoms with Crippen LogP contribution in [0.4, 0.5) is 0 Å². The van der Waals surface area contributed by atoms with Crippen LogP contribution in [0.25, 0.3) is 0 Å². The van der Waals surface area contributed by atoms with Crippen LogP contribution in [0.3, 0.4) is 0 Å². The molecule has 2 atom stereocenters. The molecule has 0 aromatic heterocycles. The van der Waals surface area contributed by atoms with Crippen molar-refractivity contribution >= 4 is 0 Å². The largest absolute Gasteiger partial charge is 0.313 e. The Labute approximate surface area is 126 Å². The zero-order chi connectivity index (χ0) is 14.6. The van der Waals surface area contributed by atoms with Crippen molar-refractivity contribution in [2.24, 2.45) is 17.3 Å². The minimum atomic E-state index is 0.614. The molecule has 0 amide bonds. The van der Waals surface area contributed by atoms with E-state index in [1.807, 2.05) is 0 Å². The van der Waals surface area contributed by atoms with Crippen LogP contribution in [0, 0.1) is 17.3 Å². The number of nitrogens with zero attached hydrogens (tertiary/aromatic N) is 1. The molecule has 2 fully saturated rings. The lowest BCUT2D eigenvalue weighted by Gasteiger charge is -2.37. The summed E-state index contributed by atoms with van der Waals surface area (Å²) in [6, 6.07) is 0.683. The van der Waals surface area contributed by atoms with E-state index in [4.69, 9.17) is 0 Å². The number of likely N-dealkylation sites (tertiary alicyclic amines) is 1. The molecule has 2 aliphatic rings. The molecule has 0 bridgehead atoms. The molecule has 20 heavy (non-hydrogen) atoms. The summed E-state index contributed by atoms with van der Waals surface area (Å²) in [5.41, 5.74) is 0.614. The topological polar surface area (TPSA) is 15.3 Å². The Morgan fingerprint density at radius 3 is 2.45 bits per heavy atom. The second-order valence-electron chi connectivity index (χ2n) is 8.14. The van der Waals surface area contributed by atoms with Gasteiger partial charge in [0.1, 0.15) is 0 Å². The van der Waals surface area contributed by atoms with Gasteiger partial charge in [-0.3, -0.25) is 0 Å². The van der Waals surface area contributed by atoms with Crippen molar-refractivity contribution in [1.82, 2.24) is 10.2 Å². The second kappa shape index (κ2) is 7.26. The van der Waals surface area contributed by atoms with Crippen molar-refractivity contribution in [3.05, 3.63) is 0 Å². The first-order chi connectivity index (χ1) is 9.51. The quantitative estimate of drug-likeness (QED) is 0.793. The van der Waals surface area contributed by atoms with Crippen molar-refractivity contribution in [3.63, 3.8) is 0 Å². The minimum absolute atomic E-state index is 0.614. The molecule has 0 spiro atoms. The van der Waals surface area contributed by atoms with E-state index in [1.54, 1.807) is 0 Å². The fraction of sp³-hybridized carbons (Fsp3) is 1.00. The third-order valence-electron chi connectivity index (χ3n) is 5.67. The summed E-state index contributed by atoms with van der Waals surface area (Å²) in [5, 5.41) is 3.93. The highest BCUT2D eigenvalue weighted by Crippen LogP contribution is 2.42. The van der Waals surface area contributed by atoms with Crippen LogP contribution >= 0.6 is 0 Å². The standard InChI is InChI=1S/C18H36N2/c1-15(2)12-18(9-5-6-10-18)14-19-16(3)17-8-7-11-20(4)13-17/h15-17,19H,5-14H2,1-4H3. The van der Waals surface area contributed by atoms with Gasteiger partial charge in [0.15, 0.2) is 0 Å². The summed E-state index contributed by atoms with van der Waals surface area (Å²) in [6.07, 6.45) is 10.0. The average molecular weight is 280 g/mol. The lowest BCUT2D eigenvalue weighted by molar-refractivity contribution is 0.158.